The lowest BCUT2D eigenvalue weighted by Gasteiger charge is -2.16. The van der Waals surface area contributed by atoms with Crippen LogP contribution in [0.2, 0.25) is 5.02 Å². The Morgan fingerprint density at radius 2 is 2.28 bits per heavy atom. The van der Waals surface area contributed by atoms with Gasteiger partial charge in [-0.15, -0.1) is 11.6 Å². The van der Waals surface area contributed by atoms with Crippen LogP contribution in [0.15, 0.2) is 18.2 Å². The molecule has 1 rings (SSSR count). The maximum atomic E-state index is 11.9. The van der Waals surface area contributed by atoms with E-state index >= 15 is 0 Å². The van der Waals surface area contributed by atoms with Crippen molar-refractivity contribution in [3.05, 3.63) is 28.8 Å². The van der Waals surface area contributed by atoms with Crippen LogP contribution < -0.4 is 5.32 Å². The Kier molecular flexibility index (Phi) is 6.25. The minimum atomic E-state index is -0.383. The molecule has 1 unspecified atom stereocenters. The van der Waals surface area contributed by atoms with Crippen molar-refractivity contribution in [2.45, 2.75) is 12.5 Å². The van der Waals surface area contributed by atoms with Crippen LogP contribution in [0, 0.1) is 0 Å². The first-order valence-electron chi connectivity index (χ1n) is 5.42. The molecule has 1 aromatic carbocycles. The van der Waals surface area contributed by atoms with Crippen molar-refractivity contribution < 1.29 is 14.6 Å². The summed E-state index contributed by atoms with van der Waals surface area (Å²) in [5, 5.41) is 12.7. The third-order valence-electron chi connectivity index (χ3n) is 2.40. The number of carbonyl (C=O) groups excluding carboxylic acids is 1. The minimum absolute atomic E-state index is 0.153. The number of hydrogen-bond acceptors (Lipinski definition) is 3. The zero-order valence-electron chi connectivity index (χ0n) is 9.95. The number of nitrogens with one attached hydrogen (secondary N) is 1. The second-order valence-corrected chi connectivity index (χ2v) is 4.51. The van der Waals surface area contributed by atoms with Crippen molar-refractivity contribution in [1.82, 2.24) is 5.32 Å². The third kappa shape index (κ3) is 4.37. The molecule has 0 saturated heterocycles. The maximum absolute atomic E-state index is 11.9. The lowest BCUT2D eigenvalue weighted by molar-refractivity contribution is 0.0927. The number of hydrogen-bond donors (Lipinski definition) is 2. The van der Waals surface area contributed by atoms with Crippen LogP contribution in [-0.2, 0) is 4.74 Å². The number of amides is 1. The zero-order chi connectivity index (χ0) is 13.5. The van der Waals surface area contributed by atoms with Gasteiger partial charge in [-0.1, -0.05) is 11.6 Å². The molecule has 1 atom stereocenters. The summed E-state index contributed by atoms with van der Waals surface area (Å²) in [6, 6.07) is 4.13. The summed E-state index contributed by atoms with van der Waals surface area (Å²) < 4.78 is 4.92. The Morgan fingerprint density at radius 1 is 1.56 bits per heavy atom. The summed E-state index contributed by atoms with van der Waals surface area (Å²) in [7, 11) is 1.58. The molecule has 6 heteroatoms. The zero-order valence-corrected chi connectivity index (χ0v) is 11.5. The van der Waals surface area contributed by atoms with Crippen molar-refractivity contribution in [3.63, 3.8) is 0 Å². The summed E-state index contributed by atoms with van der Waals surface area (Å²) in [5.74, 6) is -0.255. The van der Waals surface area contributed by atoms with Crippen molar-refractivity contribution in [1.29, 1.82) is 0 Å². The van der Waals surface area contributed by atoms with Crippen molar-refractivity contribution in [3.8, 4) is 5.75 Å². The molecule has 0 bridgehead atoms. The molecule has 0 spiro atoms. The molecule has 0 radical (unpaired) electrons. The molecular weight excluding hydrogens is 277 g/mol. The van der Waals surface area contributed by atoms with E-state index in [-0.39, 0.29) is 29.1 Å². The topological polar surface area (TPSA) is 58.6 Å². The Morgan fingerprint density at radius 3 is 2.83 bits per heavy atom. The molecule has 4 nitrogen and oxygen atoms in total. The summed E-state index contributed by atoms with van der Waals surface area (Å²) in [6.07, 6.45) is 0.611. The van der Waals surface area contributed by atoms with Crippen molar-refractivity contribution in [2.24, 2.45) is 0 Å². The number of carbonyl (C=O) groups is 1. The largest absolute Gasteiger partial charge is 0.507 e. The number of halogens is 2. The number of alkyl halides is 1. The molecule has 0 aliphatic carbocycles. The highest BCUT2D eigenvalue weighted by Crippen LogP contribution is 2.21. The quantitative estimate of drug-likeness (QED) is 0.792. The molecule has 0 aromatic heterocycles. The van der Waals surface area contributed by atoms with Gasteiger partial charge in [0.15, 0.2) is 0 Å². The van der Waals surface area contributed by atoms with Crippen molar-refractivity contribution >= 4 is 29.1 Å². The van der Waals surface area contributed by atoms with Crippen molar-refractivity contribution in [2.75, 3.05) is 19.6 Å². The molecule has 2 N–H and O–H groups in total. The first kappa shape index (κ1) is 15.1. The monoisotopic (exact) mass is 291 g/mol. The summed E-state index contributed by atoms with van der Waals surface area (Å²) >= 11 is 11.4. The molecule has 1 amide bonds. The van der Waals surface area contributed by atoms with Gasteiger partial charge in [0, 0.05) is 30.7 Å². The highest BCUT2D eigenvalue weighted by Gasteiger charge is 2.15. The van der Waals surface area contributed by atoms with Crippen LogP contribution in [0.4, 0.5) is 0 Å². The van der Waals surface area contributed by atoms with E-state index in [2.05, 4.69) is 5.32 Å². The second kappa shape index (κ2) is 7.46. The van der Waals surface area contributed by atoms with E-state index < -0.39 is 0 Å². The number of benzene rings is 1. The Bertz CT molecular complexity index is 412. The summed E-state index contributed by atoms with van der Waals surface area (Å²) in [5.41, 5.74) is 0.173. The first-order valence-corrected chi connectivity index (χ1v) is 6.34. The number of rotatable bonds is 6. The van der Waals surface area contributed by atoms with Gasteiger partial charge in [-0.3, -0.25) is 4.79 Å². The molecule has 0 aliphatic heterocycles. The average Bonchev–Trinajstić information content (AvgIpc) is 2.34. The van der Waals surface area contributed by atoms with Gasteiger partial charge in [0.05, 0.1) is 5.56 Å². The standard InChI is InChI=1S/C12H15Cl2NO3/c1-18-5-4-9(7-13)15-12(17)10-3-2-8(14)6-11(10)16/h2-3,6,9,16H,4-5,7H2,1H3,(H,15,17). The fourth-order valence-electron chi connectivity index (χ4n) is 1.41. The minimum Gasteiger partial charge on any atom is -0.507 e. The number of phenolic OH excluding ortho intramolecular Hbond substituents is 1. The number of methoxy groups -OCH3 is 1. The van der Waals surface area contributed by atoms with Crippen LogP contribution in [-0.4, -0.2) is 36.7 Å². The molecular formula is C12H15Cl2NO3. The fourth-order valence-corrected chi connectivity index (χ4v) is 1.81. The van der Waals surface area contributed by atoms with E-state index in [1.54, 1.807) is 13.2 Å². The normalized spacial score (nSPS) is 12.2. The summed E-state index contributed by atoms with van der Waals surface area (Å²) in [6.45, 7) is 0.504. The van der Waals surface area contributed by atoms with E-state index in [0.29, 0.717) is 18.1 Å². The lowest BCUT2D eigenvalue weighted by Crippen LogP contribution is -2.37. The lowest BCUT2D eigenvalue weighted by atomic mass is 10.1. The van der Waals surface area contributed by atoms with Crippen LogP contribution >= 0.6 is 23.2 Å². The van der Waals surface area contributed by atoms with Gasteiger partial charge in [-0.2, -0.15) is 0 Å². The van der Waals surface area contributed by atoms with Gasteiger partial charge < -0.3 is 15.2 Å². The number of phenols is 1. The first-order chi connectivity index (χ1) is 8.58. The fraction of sp³-hybridized carbons (Fsp3) is 0.417. The van der Waals surface area contributed by atoms with Crippen LogP contribution in [0.5, 0.6) is 5.75 Å². The Balaban J connectivity index is 2.68. The van der Waals surface area contributed by atoms with E-state index in [1.165, 1.54) is 12.1 Å². The smallest absolute Gasteiger partial charge is 0.255 e. The van der Waals surface area contributed by atoms with Gasteiger partial charge in [0.25, 0.3) is 5.91 Å². The van der Waals surface area contributed by atoms with Crippen LogP contribution in [0.1, 0.15) is 16.8 Å². The van der Waals surface area contributed by atoms with Crippen LogP contribution in [0.25, 0.3) is 0 Å². The average molecular weight is 292 g/mol. The molecule has 0 fully saturated rings. The molecule has 0 saturated carbocycles. The van der Waals surface area contributed by atoms with Gasteiger partial charge in [-0.25, -0.2) is 0 Å². The van der Waals surface area contributed by atoms with E-state index in [0.717, 1.165) is 0 Å². The third-order valence-corrected chi connectivity index (χ3v) is 3.00. The highest BCUT2D eigenvalue weighted by atomic mass is 35.5. The SMILES string of the molecule is COCCC(CCl)NC(=O)c1ccc(Cl)cc1O. The molecule has 18 heavy (non-hydrogen) atoms. The summed E-state index contributed by atoms with van der Waals surface area (Å²) in [4.78, 5) is 11.9. The molecule has 1 aromatic rings. The Hall–Kier alpha value is -0.970. The van der Waals surface area contributed by atoms with Gasteiger partial charge in [0.2, 0.25) is 0 Å². The van der Waals surface area contributed by atoms with Gasteiger partial charge in [-0.05, 0) is 24.6 Å². The van der Waals surface area contributed by atoms with Gasteiger partial charge in [0.1, 0.15) is 5.75 Å². The predicted molar refractivity (Wildman–Crippen MR) is 71.6 cm³/mol. The number of aromatic hydroxyl groups is 1. The van der Waals surface area contributed by atoms with Gasteiger partial charge >= 0.3 is 0 Å². The van der Waals surface area contributed by atoms with E-state index in [9.17, 15) is 9.90 Å². The van der Waals surface area contributed by atoms with Crippen LogP contribution in [0.3, 0.4) is 0 Å². The highest BCUT2D eigenvalue weighted by molar-refractivity contribution is 6.30. The molecule has 100 valence electrons. The molecule has 0 heterocycles. The molecule has 0 aliphatic rings. The maximum Gasteiger partial charge on any atom is 0.255 e. The van der Waals surface area contributed by atoms with E-state index in [1.807, 2.05) is 0 Å². The Labute approximate surface area is 116 Å². The van der Waals surface area contributed by atoms with E-state index in [4.69, 9.17) is 27.9 Å². The second-order valence-electron chi connectivity index (χ2n) is 3.77. The number of ether oxygens (including phenoxy) is 1. The predicted octanol–water partition coefficient (Wildman–Crippen LogP) is 2.42.